The Hall–Kier alpha value is 0.950. The van der Waals surface area contributed by atoms with Gasteiger partial charge in [0.25, 0.3) is 0 Å². The predicted molar refractivity (Wildman–Crippen MR) is 149 cm³/mol. The average Bonchev–Trinajstić information content (AvgIpc) is 3.17. The van der Waals surface area contributed by atoms with E-state index >= 15 is 0 Å². The first-order valence-corrected chi connectivity index (χ1v) is 17.7. The van der Waals surface area contributed by atoms with Crippen LogP contribution in [-0.4, -0.2) is 50.2 Å². The van der Waals surface area contributed by atoms with Gasteiger partial charge in [0.15, 0.2) is 0 Å². The number of ether oxygens (including phenoxy) is 1. The Bertz CT molecular complexity index is 1240. The SMILES string of the molecule is CC(=O)O[C@H](CCC(C)C)[C@@H](C)[C@H]1CCC2C3C[C@H](OS(=O)(=O)[O-])C4C[C@@H](OS(=O)(=O)[O-])CC[C@]4(C)C3=CC[C@@]21C.[Na+].[Na+]. The third-order valence-electron chi connectivity index (χ3n) is 11.1. The molecule has 0 aromatic rings. The van der Waals surface area contributed by atoms with Crippen LogP contribution in [0.4, 0.5) is 0 Å². The van der Waals surface area contributed by atoms with Gasteiger partial charge in [-0.25, -0.2) is 16.8 Å². The second-order valence-corrected chi connectivity index (χ2v) is 16.0. The third-order valence-corrected chi connectivity index (χ3v) is 12.1. The summed E-state index contributed by atoms with van der Waals surface area (Å²) in [5.41, 5.74) is 0.597. The summed E-state index contributed by atoms with van der Waals surface area (Å²) in [7, 11) is -9.96. The fraction of sp³-hybridized carbons (Fsp3) is 0.897. The molecule has 3 fully saturated rings. The molecule has 3 saturated carbocycles. The summed E-state index contributed by atoms with van der Waals surface area (Å²) >= 11 is 0. The first kappa shape index (κ1) is 40.1. The van der Waals surface area contributed by atoms with Gasteiger partial charge < -0.3 is 13.8 Å². The number of carbonyl (C=O) groups excluding carboxylic acids is 1. The Morgan fingerprint density at radius 3 is 2.14 bits per heavy atom. The van der Waals surface area contributed by atoms with Crippen LogP contribution >= 0.6 is 0 Å². The number of rotatable bonds is 10. The maximum Gasteiger partial charge on any atom is 1.00 e. The number of fused-ring (bicyclic) bond motifs is 5. The second kappa shape index (κ2) is 15.0. The average molecular weight is 665 g/mol. The molecule has 0 radical (unpaired) electrons. The summed E-state index contributed by atoms with van der Waals surface area (Å²) in [4.78, 5) is 12.0. The van der Waals surface area contributed by atoms with E-state index in [9.17, 15) is 30.7 Å². The van der Waals surface area contributed by atoms with Gasteiger partial charge in [-0.2, -0.15) is 0 Å². The zero-order valence-corrected chi connectivity index (χ0v) is 32.7. The Labute approximate surface area is 302 Å². The topological polar surface area (TPSA) is 159 Å². The molecule has 0 N–H and O–H groups in total. The van der Waals surface area contributed by atoms with Crippen LogP contribution in [0.5, 0.6) is 0 Å². The van der Waals surface area contributed by atoms with Crippen molar-refractivity contribution in [3.63, 3.8) is 0 Å². The molecule has 0 spiro atoms. The first-order valence-electron chi connectivity index (χ1n) is 15.0. The predicted octanol–water partition coefficient (Wildman–Crippen LogP) is -1.12. The zero-order chi connectivity index (χ0) is 30.5. The van der Waals surface area contributed by atoms with E-state index in [2.05, 4.69) is 33.8 Å². The van der Waals surface area contributed by atoms with Crippen molar-refractivity contribution in [2.24, 2.45) is 46.3 Å². The van der Waals surface area contributed by atoms with E-state index in [1.165, 1.54) is 12.5 Å². The standard InChI is InChI=1S/C29H48O10S2.2Na/c1-17(2)7-10-26(37-19(4)30)18(3)22-8-9-23-21-16-27(39-41(34,35)36)25-15-20(38-40(31,32)33)11-13-29(25,6)24(21)12-14-28(22,23)5;;/h12,17-18,20-23,25-27H,7-11,13-16H2,1-6H3,(H,31,32,33)(H,34,35,36);;/q;2*+1/p-2/t18-,20-,21?,22+,23?,25?,26+,27-,28+,29+;;/m0../s1. The summed E-state index contributed by atoms with van der Waals surface area (Å²) < 4.78 is 85.3. The molecule has 0 aromatic carbocycles. The maximum absolute atomic E-state index is 12.0. The molecule has 0 saturated heterocycles. The molecule has 10 atom stereocenters. The molecule has 0 aliphatic heterocycles. The third kappa shape index (κ3) is 9.10. The summed E-state index contributed by atoms with van der Waals surface area (Å²) in [5, 5.41) is 0. The molecule has 236 valence electrons. The minimum absolute atomic E-state index is 0. The van der Waals surface area contributed by atoms with E-state index in [0.29, 0.717) is 31.1 Å². The number of carbonyl (C=O) groups is 1. The van der Waals surface area contributed by atoms with Gasteiger partial charge in [0.1, 0.15) is 6.10 Å². The van der Waals surface area contributed by atoms with Crippen molar-refractivity contribution in [2.75, 3.05) is 0 Å². The van der Waals surface area contributed by atoms with Crippen molar-refractivity contribution in [1.29, 1.82) is 0 Å². The molecule has 0 aromatic heterocycles. The van der Waals surface area contributed by atoms with E-state index < -0.39 is 44.3 Å². The molecular formula is C29H46Na2O10S2. The summed E-state index contributed by atoms with van der Waals surface area (Å²) in [6.45, 7) is 12.3. The van der Waals surface area contributed by atoms with Gasteiger partial charge >= 0.3 is 65.1 Å². The van der Waals surface area contributed by atoms with Crippen molar-refractivity contribution in [2.45, 2.75) is 118 Å². The minimum Gasteiger partial charge on any atom is -0.726 e. The molecule has 14 heteroatoms. The number of esters is 1. The Balaban J connectivity index is 0.00000323. The number of hydrogen-bond acceptors (Lipinski definition) is 10. The largest absolute Gasteiger partial charge is 1.00 e. The summed E-state index contributed by atoms with van der Waals surface area (Å²) in [6.07, 6.45) is 6.04. The molecule has 0 amide bonds. The van der Waals surface area contributed by atoms with Crippen molar-refractivity contribution in [3.8, 4) is 0 Å². The fourth-order valence-electron chi connectivity index (χ4n) is 9.32. The number of hydrogen-bond donors (Lipinski definition) is 0. The van der Waals surface area contributed by atoms with Crippen molar-refractivity contribution in [1.82, 2.24) is 0 Å². The van der Waals surface area contributed by atoms with E-state index in [1.807, 2.05) is 6.92 Å². The maximum atomic E-state index is 12.0. The van der Waals surface area contributed by atoms with Gasteiger partial charge in [-0.1, -0.05) is 46.3 Å². The van der Waals surface area contributed by atoms with Crippen LogP contribution in [0.1, 0.15) is 99.3 Å². The van der Waals surface area contributed by atoms with Crippen LogP contribution in [0.15, 0.2) is 11.6 Å². The van der Waals surface area contributed by atoms with Crippen molar-refractivity contribution >= 4 is 26.8 Å². The Kier molecular flexibility index (Phi) is 14.0. The van der Waals surface area contributed by atoms with Gasteiger partial charge in [0.05, 0.1) is 12.2 Å². The monoisotopic (exact) mass is 664 g/mol. The van der Waals surface area contributed by atoms with E-state index in [0.717, 1.165) is 32.1 Å². The molecular weight excluding hydrogens is 618 g/mol. The molecule has 43 heavy (non-hydrogen) atoms. The fourth-order valence-corrected chi connectivity index (χ4v) is 10.3. The second-order valence-electron chi connectivity index (χ2n) is 13.9. The summed E-state index contributed by atoms with van der Waals surface area (Å²) in [5.74, 6) is 0.401. The smallest absolute Gasteiger partial charge is 0.726 e. The molecule has 4 rings (SSSR count). The minimum atomic E-state index is -5.03. The van der Waals surface area contributed by atoms with Crippen LogP contribution in [-0.2, 0) is 38.7 Å². The summed E-state index contributed by atoms with van der Waals surface area (Å²) in [6, 6.07) is 0. The van der Waals surface area contributed by atoms with Crippen LogP contribution in [0, 0.1) is 46.3 Å². The van der Waals surface area contributed by atoms with Crippen LogP contribution < -0.4 is 59.1 Å². The van der Waals surface area contributed by atoms with Crippen molar-refractivity contribution in [3.05, 3.63) is 11.6 Å². The van der Waals surface area contributed by atoms with Crippen LogP contribution in [0.2, 0.25) is 0 Å². The van der Waals surface area contributed by atoms with E-state index in [4.69, 9.17) is 13.1 Å². The Morgan fingerprint density at radius 1 is 0.953 bits per heavy atom. The quantitative estimate of drug-likeness (QED) is 0.0921. The zero-order valence-electron chi connectivity index (χ0n) is 27.0. The molecule has 0 heterocycles. The molecule has 0 bridgehead atoms. The first-order chi connectivity index (χ1) is 18.8. The van der Waals surface area contributed by atoms with Gasteiger partial charge in [0.2, 0.25) is 20.8 Å². The van der Waals surface area contributed by atoms with E-state index in [-0.39, 0.29) is 101 Å². The van der Waals surface area contributed by atoms with Gasteiger partial charge in [-0.05, 0) is 104 Å². The van der Waals surface area contributed by atoms with Crippen LogP contribution in [0.25, 0.3) is 0 Å². The molecule has 10 nitrogen and oxygen atoms in total. The normalized spacial score (nSPS) is 37.0. The van der Waals surface area contributed by atoms with Gasteiger partial charge in [-0.15, -0.1) is 0 Å². The van der Waals surface area contributed by atoms with Gasteiger partial charge in [-0.3, -0.25) is 13.2 Å². The Morgan fingerprint density at radius 2 is 1.58 bits per heavy atom. The molecule has 4 aliphatic rings. The molecule has 4 aliphatic carbocycles. The van der Waals surface area contributed by atoms with Gasteiger partial charge in [0, 0.05) is 6.92 Å². The van der Waals surface area contributed by atoms with Crippen molar-refractivity contribution < 1.29 is 103 Å². The molecule has 3 unspecified atom stereocenters. The number of allylic oxidation sites excluding steroid dienone is 2. The van der Waals surface area contributed by atoms with Crippen LogP contribution in [0.3, 0.4) is 0 Å². The van der Waals surface area contributed by atoms with E-state index in [1.54, 1.807) is 0 Å².